The zero-order valence-electron chi connectivity index (χ0n) is 13.8. The molecular formula is C21H23NO. The molecule has 0 aliphatic carbocycles. The highest BCUT2D eigenvalue weighted by atomic mass is 16.5. The van der Waals surface area contributed by atoms with Gasteiger partial charge in [0.15, 0.2) is 0 Å². The molecule has 0 aliphatic heterocycles. The smallest absolute Gasteiger partial charge is 0.108 e. The lowest BCUT2D eigenvalue weighted by atomic mass is 9.96. The van der Waals surface area contributed by atoms with Crippen LogP contribution in [0.2, 0.25) is 0 Å². The van der Waals surface area contributed by atoms with Gasteiger partial charge in [0, 0.05) is 6.54 Å². The number of ether oxygens (including phenoxy) is 1. The Morgan fingerprint density at radius 1 is 0.826 bits per heavy atom. The summed E-state index contributed by atoms with van der Waals surface area (Å²) < 4.78 is 6.29. The molecule has 0 aliphatic rings. The Bertz CT molecular complexity index is 747. The van der Waals surface area contributed by atoms with E-state index in [1.54, 1.807) is 0 Å². The number of likely N-dealkylation sites (N-methyl/N-ethyl adjacent to an activating group) is 1. The first kappa shape index (κ1) is 15.7. The van der Waals surface area contributed by atoms with Crippen LogP contribution < -0.4 is 0 Å². The van der Waals surface area contributed by atoms with Gasteiger partial charge in [0.1, 0.15) is 6.10 Å². The van der Waals surface area contributed by atoms with Gasteiger partial charge in [-0.1, -0.05) is 72.8 Å². The van der Waals surface area contributed by atoms with E-state index >= 15 is 0 Å². The minimum atomic E-state index is -0.0396. The number of hydrogen-bond donors (Lipinski definition) is 0. The second-order valence-electron chi connectivity index (χ2n) is 6.03. The molecule has 2 nitrogen and oxygen atoms in total. The fraction of sp³-hybridized carbons (Fsp3) is 0.238. The van der Waals surface area contributed by atoms with E-state index in [1.807, 2.05) is 6.07 Å². The number of nitrogens with zero attached hydrogens (tertiary/aromatic N) is 1. The average molecular weight is 305 g/mol. The predicted molar refractivity (Wildman–Crippen MR) is 96.7 cm³/mol. The van der Waals surface area contributed by atoms with Gasteiger partial charge in [-0.05, 0) is 36.0 Å². The van der Waals surface area contributed by atoms with Crippen LogP contribution in [0.3, 0.4) is 0 Å². The first-order chi connectivity index (χ1) is 11.3. The van der Waals surface area contributed by atoms with Crippen molar-refractivity contribution in [2.45, 2.75) is 6.10 Å². The Kier molecular flexibility index (Phi) is 5.06. The van der Waals surface area contributed by atoms with E-state index in [-0.39, 0.29) is 6.10 Å². The van der Waals surface area contributed by atoms with Crippen molar-refractivity contribution >= 4 is 10.8 Å². The van der Waals surface area contributed by atoms with Crippen LogP contribution >= 0.6 is 0 Å². The first-order valence-electron chi connectivity index (χ1n) is 8.04. The van der Waals surface area contributed by atoms with Gasteiger partial charge in [-0.2, -0.15) is 0 Å². The van der Waals surface area contributed by atoms with Crippen LogP contribution in [0, 0.1) is 0 Å². The Balaban J connectivity index is 1.99. The van der Waals surface area contributed by atoms with E-state index in [4.69, 9.17) is 4.74 Å². The molecule has 0 saturated heterocycles. The first-order valence-corrected chi connectivity index (χ1v) is 8.04. The van der Waals surface area contributed by atoms with Crippen LogP contribution in [-0.4, -0.2) is 32.1 Å². The molecule has 118 valence electrons. The molecule has 0 heterocycles. The molecule has 0 radical (unpaired) electrons. The summed E-state index contributed by atoms with van der Waals surface area (Å²) >= 11 is 0. The topological polar surface area (TPSA) is 12.5 Å². The molecule has 0 spiro atoms. The Labute approximate surface area is 138 Å². The van der Waals surface area contributed by atoms with Gasteiger partial charge < -0.3 is 9.64 Å². The molecule has 23 heavy (non-hydrogen) atoms. The lowest BCUT2D eigenvalue weighted by molar-refractivity contribution is 0.0695. The fourth-order valence-electron chi connectivity index (χ4n) is 2.83. The summed E-state index contributed by atoms with van der Waals surface area (Å²) in [6.07, 6.45) is -0.0396. The van der Waals surface area contributed by atoms with E-state index in [1.165, 1.54) is 21.9 Å². The van der Waals surface area contributed by atoms with Crippen LogP contribution in [0.1, 0.15) is 17.2 Å². The van der Waals surface area contributed by atoms with Crippen molar-refractivity contribution in [1.82, 2.24) is 4.90 Å². The normalized spacial score (nSPS) is 12.7. The maximum Gasteiger partial charge on any atom is 0.108 e. The largest absolute Gasteiger partial charge is 0.367 e. The molecule has 1 atom stereocenters. The van der Waals surface area contributed by atoms with E-state index in [2.05, 4.69) is 85.7 Å². The fourth-order valence-corrected chi connectivity index (χ4v) is 2.83. The Hall–Kier alpha value is -2.16. The van der Waals surface area contributed by atoms with E-state index in [0.29, 0.717) is 6.61 Å². The molecule has 2 heteroatoms. The molecule has 0 amide bonds. The van der Waals surface area contributed by atoms with Crippen LogP contribution in [0.5, 0.6) is 0 Å². The summed E-state index contributed by atoms with van der Waals surface area (Å²) in [5.41, 5.74) is 2.43. The number of fused-ring (bicyclic) bond motifs is 1. The molecule has 1 unspecified atom stereocenters. The molecule has 3 aromatic rings. The highest BCUT2D eigenvalue weighted by Crippen LogP contribution is 2.31. The van der Waals surface area contributed by atoms with Crippen LogP contribution in [0.15, 0.2) is 72.8 Å². The average Bonchev–Trinajstić information content (AvgIpc) is 2.59. The minimum Gasteiger partial charge on any atom is -0.367 e. The number of rotatable bonds is 6. The molecule has 0 saturated carbocycles. The summed E-state index contributed by atoms with van der Waals surface area (Å²) in [4.78, 5) is 2.14. The molecular weight excluding hydrogens is 282 g/mol. The quantitative estimate of drug-likeness (QED) is 0.664. The van der Waals surface area contributed by atoms with Crippen molar-refractivity contribution in [3.8, 4) is 0 Å². The molecule has 3 aromatic carbocycles. The minimum absolute atomic E-state index is 0.0396. The van der Waals surface area contributed by atoms with Crippen LogP contribution in [0.25, 0.3) is 10.8 Å². The van der Waals surface area contributed by atoms with Crippen molar-refractivity contribution < 1.29 is 4.74 Å². The van der Waals surface area contributed by atoms with Gasteiger partial charge in [0.25, 0.3) is 0 Å². The van der Waals surface area contributed by atoms with E-state index in [9.17, 15) is 0 Å². The van der Waals surface area contributed by atoms with E-state index in [0.717, 1.165) is 6.54 Å². The van der Waals surface area contributed by atoms with Gasteiger partial charge in [0.2, 0.25) is 0 Å². The van der Waals surface area contributed by atoms with Crippen LogP contribution in [0.4, 0.5) is 0 Å². The van der Waals surface area contributed by atoms with Crippen molar-refractivity contribution in [1.29, 1.82) is 0 Å². The van der Waals surface area contributed by atoms with Gasteiger partial charge in [-0.25, -0.2) is 0 Å². The third-order valence-electron chi connectivity index (χ3n) is 4.03. The highest BCUT2D eigenvalue weighted by Gasteiger charge is 2.17. The van der Waals surface area contributed by atoms with Gasteiger partial charge in [0.05, 0.1) is 6.61 Å². The summed E-state index contributed by atoms with van der Waals surface area (Å²) in [5.74, 6) is 0. The van der Waals surface area contributed by atoms with Crippen molar-refractivity contribution in [3.05, 3.63) is 83.9 Å². The zero-order chi connectivity index (χ0) is 16.1. The van der Waals surface area contributed by atoms with Gasteiger partial charge in [-0.3, -0.25) is 0 Å². The monoisotopic (exact) mass is 305 g/mol. The zero-order valence-corrected chi connectivity index (χ0v) is 13.8. The van der Waals surface area contributed by atoms with Gasteiger partial charge in [-0.15, -0.1) is 0 Å². The van der Waals surface area contributed by atoms with Crippen molar-refractivity contribution in [2.24, 2.45) is 0 Å². The van der Waals surface area contributed by atoms with Gasteiger partial charge >= 0.3 is 0 Å². The maximum atomic E-state index is 6.29. The summed E-state index contributed by atoms with van der Waals surface area (Å²) in [6.45, 7) is 1.61. The second-order valence-corrected chi connectivity index (χ2v) is 6.03. The standard InChI is InChI=1S/C21H23NO/c1-22(2)15-16-23-21(18-10-4-3-5-11-18)20-14-8-12-17-9-6-7-13-19(17)20/h3-14,21H,15-16H2,1-2H3. The maximum absolute atomic E-state index is 6.29. The highest BCUT2D eigenvalue weighted by molar-refractivity contribution is 5.86. The number of benzene rings is 3. The SMILES string of the molecule is CN(C)CCOC(c1ccccc1)c1cccc2ccccc12. The lowest BCUT2D eigenvalue weighted by Crippen LogP contribution is -2.20. The van der Waals surface area contributed by atoms with Crippen LogP contribution in [-0.2, 0) is 4.74 Å². The Morgan fingerprint density at radius 3 is 2.30 bits per heavy atom. The second kappa shape index (κ2) is 7.40. The molecule has 0 bridgehead atoms. The molecule has 3 rings (SSSR count). The predicted octanol–water partition coefficient (Wildman–Crippen LogP) is 4.51. The molecule has 0 aromatic heterocycles. The molecule has 0 N–H and O–H groups in total. The summed E-state index contributed by atoms with van der Waals surface area (Å²) in [7, 11) is 4.14. The summed E-state index contributed by atoms with van der Waals surface area (Å²) in [6, 6.07) is 25.4. The van der Waals surface area contributed by atoms with Crippen molar-refractivity contribution in [2.75, 3.05) is 27.2 Å². The van der Waals surface area contributed by atoms with E-state index < -0.39 is 0 Å². The van der Waals surface area contributed by atoms with Crippen molar-refractivity contribution in [3.63, 3.8) is 0 Å². The lowest BCUT2D eigenvalue weighted by Gasteiger charge is -2.22. The molecule has 0 fully saturated rings. The summed E-state index contributed by atoms with van der Waals surface area (Å²) in [5, 5.41) is 2.51. The third-order valence-corrected chi connectivity index (χ3v) is 4.03. The third kappa shape index (κ3) is 3.79. The Morgan fingerprint density at radius 2 is 1.52 bits per heavy atom. The number of hydrogen-bond acceptors (Lipinski definition) is 2.